The molecule has 0 bridgehead atoms. The molecule has 1 aromatic heterocycles. The molecule has 1 aliphatic rings. The molecule has 1 aliphatic heterocycles. The number of rotatable bonds is 9. The Labute approximate surface area is 208 Å². The van der Waals surface area contributed by atoms with E-state index in [9.17, 15) is 18.3 Å². The number of aromatic nitrogens is 2. The third-order valence-electron chi connectivity index (χ3n) is 6.36. The van der Waals surface area contributed by atoms with Crippen LogP contribution in [0.25, 0.3) is 0 Å². The summed E-state index contributed by atoms with van der Waals surface area (Å²) in [6, 6.07) is 8.52. The summed E-state index contributed by atoms with van der Waals surface area (Å²) < 4.78 is 33.1. The Bertz CT molecular complexity index is 1200. The molecule has 190 valence electrons. The van der Waals surface area contributed by atoms with Crippen molar-refractivity contribution in [2.45, 2.75) is 77.0 Å². The summed E-state index contributed by atoms with van der Waals surface area (Å²) in [6.45, 7) is 9.93. The van der Waals surface area contributed by atoms with Gasteiger partial charge in [0.05, 0.1) is 11.3 Å². The van der Waals surface area contributed by atoms with Crippen molar-refractivity contribution < 1.29 is 23.1 Å². The first-order valence-electron chi connectivity index (χ1n) is 11.9. The average molecular weight is 502 g/mol. The molecule has 1 atom stereocenters. The minimum absolute atomic E-state index is 0.00445. The van der Waals surface area contributed by atoms with Crippen LogP contribution in [-0.2, 0) is 19.6 Å². The van der Waals surface area contributed by atoms with E-state index < -0.39 is 32.9 Å². The highest BCUT2D eigenvalue weighted by Gasteiger charge is 2.51. The fraction of sp³-hybridized carbons (Fsp3) is 0.500. The maximum atomic E-state index is 13.2. The van der Waals surface area contributed by atoms with E-state index in [1.807, 2.05) is 40.7 Å². The van der Waals surface area contributed by atoms with Crippen LogP contribution in [0.5, 0.6) is 0 Å². The summed E-state index contributed by atoms with van der Waals surface area (Å²) in [5, 5.41) is 11.1. The van der Waals surface area contributed by atoms with E-state index >= 15 is 0 Å². The monoisotopic (exact) mass is 501 g/mol. The van der Waals surface area contributed by atoms with Gasteiger partial charge in [-0.05, 0) is 42.0 Å². The molecular weight excluding hydrogens is 466 g/mol. The topological polar surface area (TPSA) is 110 Å². The van der Waals surface area contributed by atoms with Gasteiger partial charge < -0.3 is 9.84 Å². The average Bonchev–Trinajstić information content (AvgIpc) is 3.03. The maximum absolute atomic E-state index is 13.2. The smallest absolute Gasteiger partial charge is 0.339 e. The first-order chi connectivity index (χ1) is 16.4. The number of carbonyl (C=O) groups excluding carboxylic acids is 1. The van der Waals surface area contributed by atoms with E-state index in [0.717, 1.165) is 17.1 Å². The van der Waals surface area contributed by atoms with Crippen molar-refractivity contribution in [1.82, 2.24) is 9.97 Å². The molecule has 1 unspecified atom stereocenters. The zero-order chi connectivity index (χ0) is 26.0. The van der Waals surface area contributed by atoms with Gasteiger partial charge in [0.25, 0.3) is 15.2 Å². The highest BCUT2D eigenvalue weighted by atomic mass is 32.2. The third-order valence-corrected chi connectivity index (χ3v) is 7.96. The number of sulfonamides is 1. The van der Waals surface area contributed by atoms with Crippen LogP contribution in [0.3, 0.4) is 0 Å². The molecule has 0 radical (unpaired) electrons. The second-order valence-corrected chi connectivity index (χ2v) is 11.9. The number of aliphatic hydroxyl groups excluding tert-OH is 1. The highest BCUT2D eigenvalue weighted by Crippen LogP contribution is 2.49. The SMILES string of the molecule is CCCC1(CCC)OC(=O)C(C(c2cccc(N(C)S(=O)(=O)c3ncccn3)c2)C(C)(C)C)=C1O. The molecular formula is C26H35N3O5S. The van der Waals surface area contributed by atoms with Crippen LogP contribution in [0.2, 0.25) is 0 Å². The van der Waals surface area contributed by atoms with Crippen molar-refractivity contribution in [2.24, 2.45) is 5.41 Å². The maximum Gasteiger partial charge on any atom is 0.339 e. The lowest BCUT2D eigenvalue weighted by Crippen LogP contribution is -2.32. The third kappa shape index (κ3) is 5.05. The lowest BCUT2D eigenvalue weighted by molar-refractivity contribution is -0.150. The molecule has 0 fully saturated rings. The van der Waals surface area contributed by atoms with E-state index in [-0.39, 0.29) is 16.5 Å². The number of nitrogens with zero attached hydrogens (tertiary/aromatic N) is 3. The fourth-order valence-corrected chi connectivity index (χ4v) is 5.85. The quantitative estimate of drug-likeness (QED) is 0.374. The predicted molar refractivity (Wildman–Crippen MR) is 135 cm³/mol. The van der Waals surface area contributed by atoms with Crippen molar-refractivity contribution in [3.63, 3.8) is 0 Å². The van der Waals surface area contributed by atoms with E-state index in [1.54, 1.807) is 24.3 Å². The Kier molecular flexibility index (Phi) is 7.59. The van der Waals surface area contributed by atoms with Crippen molar-refractivity contribution in [1.29, 1.82) is 0 Å². The summed E-state index contributed by atoms with van der Waals surface area (Å²) in [5.74, 6) is -1.04. The molecule has 1 N–H and O–H groups in total. The van der Waals surface area contributed by atoms with Crippen molar-refractivity contribution in [3.8, 4) is 0 Å². The molecule has 0 spiro atoms. The first kappa shape index (κ1) is 26.7. The minimum atomic E-state index is -3.99. The molecule has 8 nitrogen and oxygen atoms in total. The van der Waals surface area contributed by atoms with Crippen LogP contribution in [0, 0.1) is 5.41 Å². The number of anilines is 1. The number of cyclic esters (lactones) is 1. The van der Waals surface area contributed by atoms with Gasteiger partial charge in [-0.15, -0.1) is 0 Å². The Morgan fingerprint density at radius 3 is 2.23 bits per heavy atom. The summed E-state index contributed by atoms with van der Waals surface area (Å²) in [6.07, 6.45) is 5.34. The lowest BCUT2D eigenvalue weighted by atomic mass is 9.71. The number of benzene rings is 1. The number of esters is 1. The van der Waals surface area contributed by atoms with Gasteiger partial charge in [0.15, 0.2) is 5.60 Å². The van der Waals surface area contributed by atoms with Gasteiger partial charge >= 0.3 is 5.97 Å². The standard InChI is InChI=1S/C26H35N3O5S/c1-7-13-26(14-8-2)22(30)20(23(31)34-26)21(25(3,4)5)18-11-9-12-19(17-18)29(6)35(32,33)24-27-15-10-16-28-24/h9-12,15-17,21,30H,7-8,13-14H2,1-6H3. The zero-order valence-electron chi connectivity index (χ0n) is 21.3. The van der Waals surface area contributed by atoms with Gasteiger partial charge in [0.1, 0.15) is 5.76 Å². The number of ether oxygens (including phenoxy) is 1. The van der Waals surface area contributed by atoms with Gasteiger partial charge in [0.2, 0.25) is 0 Å². The molecule has 1 aromatic carbocycles. The number of carbonyl (C=O) groups is 1. The van der Waals surface area contributed by atoms with Gasteiger partial charge in [0, 0.05) is 25.4 Å². The van der Waals surface area contributed by atoms with Crippen LogP contribution in [0.1, 0.15) is 71.8 Å². The summed E-state index contributed by atoms with van der Waals surface area (Å²) in [4.78, 5) is 21.0. The predicted octanol–water partition coefficient (Wildman–Crippen LogP) is 5.14. The molecule has 0 saturated carbocycles. The molecule has 0 amide bonds. The Morgan fingerprint density at radius 1 is 1.09 bits per heavy atom. The molecule has 9 heteroatoms. The second kappa shape index (κ2) is 9.97. The van der Waals surface area contributed by atoms with Crippen molar-refractivity contribution in [2.75, 3.05) is 11.4 Å². The Balaban J connectivity index is 2.12. The first-order valence-corrected chi connectivity index (χ1v) is 13.4. The molecule has 3 rings (SSSR count). The van der Waals surface area contributed by atoms with Gasteiger partial charge in [-0.2, -0.15) is 8.42 Å². The summed E-state index contributed by atoms with van der Waals surface area (Å²) in [5.41, 5.74) is -0.150. The van der Waals surface area contributed by atoms with Gasteiger partial charge in [-0.1, -0.05) is 59.6 Å². The zero-order valence-corrected chi connectivity index (χ0v) is 22.1. The van der Waals surface area contributed by atoms with E-state index in [0.29, 0.717) is 24.1 Å². The second-order valence-electron chi connectivity index (χ2n) is 10.0. The normalized spacial score (nSPS) is 16.8. The summed E-state index contributed by atoms with van der Waals surface area (Å²) in [7, 11) is -2.55. The summed E-state index contributed by atoms with van der Waals surface area (Å²) >= 11 is 0. The van der Waals surface area contributed by atoms with Crippen LogP contribution in [0.4, 0.5) is 5.69 Å². The fourth-order valence-electron chi connectivity index (χ4n) is 4.83. The van der Waals surface area contributed by atoms with E-state index in [1.165, 1.54) is 19.4 Å². The minimum Gasteiger partial charge on any atom is -0.507 e. The largest absolute Gasteiger partial charge is 0.507 e. The van der Waals surface area contributed by atoms with Crippen LogP contribution in [-0.4, -0.2) is 42.1 Å². The lowest BCUT2D eigenvalue weighted by Gasteiger charge is -2.32. The van der Waals surface area contributed by atoms with Crippen LogP contribution >= 0.6 is 0 Å². The molecule has 35 heavy (non-hydrogen) atoms. The Hall–Kier alpha value is -2.94. The molecule has 0 saturated heterocycles. The Morgan fingerprint density at radius 2 is 1.69 bits per heavy atom. The van der Waals surface area contributed by atoms with Gasteiger partial charge in [-0.25, -0.2) is 14.8 Å². The van der Waals surface area contributed by atoms with E-state index in [4.69, 9.17) is 4.74 Å². The molecule has 2 heterocycles. The number of hydrogen-bond acceptors (Lipinski definition) is 7. The highest BCUT2D eigenvalue weighted by molar-refractivity contribution is 7.92. The number of aliphatic hydroxyl groups is 1. The van der Waals surface area contributed by atoms with E-state index in [2.05, 4.69) is 9.97 Å². The van der Waals surface area contributed by atoms with Crippen LogP contribution in [0.15, 0.2) is 59.2 Å². The molecule has 0 aliphatic carbocycles. The molecule has 2 aromatic rings. The van der Waals surface area contributed by atoms with Gasteiger partial charge in [-0.3, -0.25) is 4.31 Å². The van der Waals surface area contributed by atoms with Crippen molar-refractivity contribution in [3.05, 3.63) is 59.6 Å². The van der Waals surface area contributed by atoms with Crippen LogP contribution < -0.4 is 4.31 Å². The van der Waals surface area contributed by atoms with Crippen molar-refractivity contribution >= 4 is 21.7 Å². The number of hydrogen-bond donors (Lipinski definition) is 1.